The van der Waals surface area contributed by atoms with Crippen LogP contribution in [-0.4, -0.2) is 18.4 Å². The molecule has 0 radical (unpaired) electrons. The van der Waals surface area contributed by atoms with Crippen molar-refractivity contribution < 1.29 is 14.3 Å². The van der Waals surface area contributed by atoms with Crippen molar-refractivity contribution in [2.45, 2.75) is 40.5 Å². The van der Waals surface area contributed by atoms with Crippen molar-refractivity contribution in [2.24, 2.45) is 11.8 Å². The highest BCUT2D eigenvalue weighted by atomic mass is 16.5. The van der Waals surface area contributed by atoms with Crippen LogP contribution in [0.15, 0.2) is 0 Å². The topological polar surface area (TPSA) is 43.4 Å². The molecule has 82 valence electrons. The van der Waals surface area contributed by atoms with Gasteiger partial charge in [0, 0.05) is 5.92 Å². The molecule has 3 nitrogen and oxygen atoms in total. The molecule has 0 amide bonds. The predicted octanol–water partition coefficient (Wildman–Crippen LogP) is 2.19. The first-order chi connectivity index (χ1) is 6.52. The number of carbonyl (C=O) groups excluding carboxylic acids is 2. The summed E-state index contributed by atoms with van der Waals surface area (Å²) in [4.78, 5) is 22.5. The van der Waals surface area contributed by atoms with Gasteiger partial charge in [-0.25, -0.2) is 0 Å². The van der Waals surface area contributed by atoms with Crippen molar-refractivity contribution in [1.82, 2.24) is 0 Å². The molecule has 0 spiro atoms. The maximum Gasteiger partial charge on any atom is 0.309 e. The van der Waals surface area contributed by atoms with E-state index in [1.807, 2.05) is 20.8 Å². The van der Waals surface area contributed by atoms with E-state index in [1.54, 1.807) is 6.92 Å². The molecular weight excluding hydrogens is 180 g/mol. The molecule has 0 aromatic rings. The Balaban J connectivity index is 3.83. The van der Waals surface area contributed by atoms with Crippen LogP contribution in [-0.2, 0) is 14.3 Å². The van der Waals surface area contributed by atoms with E-state index in [1.165, 1.54) is 0 Å². The molecule has 0 aromatic carbocycles. The third-order valence-corrected chi connectivity index (χ3v) is 2.53. The Kier molecular flexibility index (Phi) is 6.17. The smallest absolute Gasteiger partial charge is 0.309 e. The molecule has 0 fully saturated rings. The maximum absolute atomic E-state index is 11.3. The van der Waals surface area contributed by atoms with E-state index >= 15 is 0 Å². The largest absolute Gasteiger partial charge is 0.457 e. The number of esters is 1. The number of ketones is 1. The third-order valence-electron chi connectivity index (χ3n) is 2.53. The Morgan fingerprint density at radius 2 is 1.57 bits per heavy atom. The molecule has 0 saturated carbocycles. The summed E-state index contributed by atoms with van der Waals surface area (Å²) in [6.45, 7) is 7.44. The summed E-state index contributed by atoms with van der Waals surface area (Å²) in [6, 6.07) is 0. The third kappa shape index (κ3) is 4.40. The number of rotatable bonds is 6. The minimum absolute atomic E-state index is 0.00385. The second-order valence-electron chi connectivity index (χ2n) is 3.69. The minimum Gasteiger partial charge on any atom is -0.457 e. The van der Waals surface area contributed by atoms with Gasteiger partial charge in [-0.2, -0.15) is 0 Å². The molecule has 0 aromatic heterocycles. The molecule has 0 heterocycles. The van der Waals surface area contributed by atoms with Crippen molar-refractivity contribution in [3.8, 4) is 0 Å². The van der Waals surface area contributed by atoms with Crippen LogP contribution in [0.5, 0.6) is 0 Å². The predicted molar refractivity (Wildman–Crippen MR) is 54.9 cm³/mol. The summed E-state index contributed by atoms with van der Waals surface area (Å²) in [5.74, 6) is -0.396. The van der Waals surface area contributed by atoms with Crippen molar-refractivity contribution in [3.05, 3.63) is 0 Å². The lowest BCUT2D eigenvalue weighted by Gasteiger charge is -2.10. The van der Waals surface area contributed by atoms with Crippen LogP contribution >= 0.6 is 0 Å². The number of Topliss-reactive ketones (excluding diaryl/α,β-unsaturated/α-hetero) is 1. The van der Waals surface area contributed by atoms with Crippen LogP contribution in [0, 0.1) is 11.8 Å². The standard InChI is InChI=1S/C11H20O3/c1-5-8(3)10(12)7-14-11(13)9(4)6-2/h8-9H,5-7H2,1-4H3. The van der Waals surface area contributed by atoms with Crippen LogP contribution in [0.4, 0.5) is 0 Å². The fraction of sp³-hybridized carbons (Fsp3) is 0.818. The second kappa shape index (κ2) is 6.57. The molecule has 0 aliphatic rings. The van der Waals surface area contributed by atoms with Crippen LogP contribution in [0.2, 0.25) is 0 Å². The van der Waals surface area contributed by atoms with E-state index in [9.17, 15) is 9.59 Å². The van der Waals surface area contributed by atoms with Crippen molar-refractivity contribution >= 4 is 11.8 Å². The Morgan fingerprint density at radius 1 is 1.07 bits per heavy atom. The van der Waals surface area contributed by atoms with E-state index in [4.69, 9.17) is 4.74 Å². The van der Waals surface area contributed by atoms with Gasteiger partial charge in [0.05, 0.1) is 5.92 Å². The van der Waals surface area contributed by atoms with E-state index in [0.717, 1.165) is 12.8 Å². The van der Waals surface area contributed by atoms with Gasteiger partial charge in [-0.05, 0) is 12.8 Å². The van der Waals surface area contributed by atoms with E-state index in [0.29, 0.717) is 0 Å². The van der Waals surface area contributed by atoms with Crippen molar-refractivity contribution in [1.29, 1.82) is 0 Å². The van der Waals surface area contributed by atoms with Gasteiger partial charge >= 0.3 is 5.97 Å². The molecule has 2 atom stereocenters. The lowest BCUT2D eigenvalue weighted by molar-refractivity contribution is -0.152. The summed E-state index contributed by atoms with van der Waals surface area (Å²) in [7, 11) is 0. The first-order valence-corrected chi connectivity index (χ1v) is 5.22. The van der Waals surface area contributed by atoms with Gasteiger partial charge in [0.15, 0.2) is 5.78 Å². The zero-order chi connectivity index (χ0) is 11.1. The molecule has 0 saturated heterocycles. The summed E-state index contributed by atoms with van der Waals surface area (Å²) in [5, 5.41) is 0. The van der Waals surface area contributed by atoms with E-state index in [-0.39, 0.29) is 30.2 Å². The SMILES string of the molecule is CCC(C)C(=O)COC(=O)C(C)CC. The Hall–Kier alpha value is -0.860. The fourth-order valence-electron chi connectivity index (χ4n) is 0.821. The maximum atomic E-state index is 11.3. The highest BCUT2D eigenvalue weighted by molar-refractivity contribution is 5.84. The molecule has 0 aliphatic heterocycles. The van der Waals surface area contributed by atoms with Crippen LogP contribution in [0.1, 0.15) is 40.5 Å². The molecule has 0 N–H and O–H groups in total. The highest BCUT2D eigenvalue weighted by Crippen LogP contribution is 2.06. The highest BCUT2D eigenvalue weighted by Gasteiger charge is 2.16. The van der Waals surface area contributed by atoms with Crippen LogP contribution in [0.3, 0.4) is 0 Å². The zero-order valence-electron chi connectivity index (χ0n) is 9.50. The van der Waals surface area contributed by atoms with Crippen molar-refractivity contribution in [3.63, 3.8) is 0 Å². The zero-order valence-corrected chi connectivity index (χ0v) is 9.50. The summed E-state index contributed by atoms with van der Waals surface area (Å²) >= 11 is 0. The summed E-state index contributed by atoms with van der Waals surface area (Å²) < 4.78 is 4.89. The van der Waals surface area contributed by atoms with Gasteiger partial charge in [-0.3, -0.25) is 9.59 Å². The summed E-state index contributed by atoms with van der Waals surface area (Å²) in [6.07, 6.45) is 1.54. The lowest BCUT2D eigenvalue weighted by atomic mass is 10.0. The van der Waals surface area contributed by atoms with Gasteiger partial charge in [0.25, 0.3) is 0 Å². The van der Waals surface area contributed by atoms with Gasteiger partial charge in [-0.15, -0.1) is 0 Å². The number of carbonyl (C=O) groups is 2. The van der Waals surface area contributed by atoms with Gasteiger partial charge in [0.2, 0.25) is 0 Å². The van der Waals surface area contributed by atoms with Gasteiger partial charge in [0.1, 0.15) is 6.61 Å². The Labute approximate surface area is 85.8 Å². The first kappa shape index (κ1) is 13.1. The average molecular weight is 200 g/mol. The monoisotopic (exact) mass is 200 g/mol. The number of hydrogen-bond acceptors (Lipinski definition) is 3. The van der Waals surface area contributed by atoms with Crippen LogP contribution < -0.4 is 0 Å². The summed E-state index contributed by atoms with van der Waals surface area (Å²) in [5.41, 5.74) is 0. The second-order valence-corrected chi connectivity index (χ2v) is 3.69. The molecule has 0 rings (SSSR count). The average Bonchev–Trinajstić information content (AvgIpc) is 2.22. The minimum atomic E-state index is -0.274. The van der Waals surface area contributed by atoms with Crippen molar-refractivity contribution in [2.75, 3.05) is 6.61 Å². The van der Waals surface area contributed by atoms with E-state index in [2.05, 4.69) is 0 Å². The molecule has 2 unspecified atom stereocenters. The molecule has 3 heteroatoms. The number of ether oxygens (including phenoxy) is 1. The Bertz CT molecular complexity index is 177. The fourth-order valence-corrected chi connectivity index (χ4v) is 0.821. The quantitative estimate of drug-likeness (QED) is 0.617. The van der Waals surface area contributed by atoms with Gasteiger partial charge < -0.3 is 4.74 Å². The molecule has 14 heavy (non-hydrogen) atoms. The Morgan fingerprint density at radius 3 is 2.00 bits per heavy atom. The van der Waals surface area contributed by atoms with E-state index < -0.39 is 0 Å². The molecule has 0 bridgehead atoms. The van der Waals surface area contributed by atoms with Crippen LogP contribution in [0.25, 0.3) is 0 Å². The first-order valence-electron chi connectivity index (χ1n) is 5.22. The normalized spacial score (nSPS) is 14.6. The van der Waals surface area contributed by atoms with Gasteiger partial charge in [-0.1, -0.05) is 27.7 Å². The number of hydrogen-bond donors (Lipinski definition) is 0. The molecule has 0 aliphatic carbocycles. The molecular formula is C11H20O3. The lowest BCUT2D eigenvalue weighted by Crippen LogP contribution is -2.22.